The number of fused-ring (bicyclic) bond motifs is 2. The van der Waals surface area contributed by atoms with Crippen LogP contribution in [-0.2, 0) is 5.41 Å². The van der Waals surface area contributed by atoms with Gasteiger partial charge in [0, 0.05) is 11.5 Å². The highest BCUT2D eigenvalue weighted by Crippen LogP contribution is 2.54. The molecule has 0 aromatic heterocycles. The van der Waals surface area contributed by atoms with Gasteiger partial charge in [-0.3, -0.25) is 19.2 Å². The van der Waals surface area contributed by atoms with Gasteiger partial charge < -0.3 is 9.47 Å². The molecule has 72 heavy (non-hydrogen) atoms. The van der Waals surface area contributed by atoms with E-state index in [4.69, 9.17) is 9.47 Å². The fourth-order valence-electron chi connectivity index (χ4n) is 9.81. The number of anilines is 2. The Hall–Kier alpha value is -8.71. The maximum Gasteiger partial charge on any atom is 0.266 e. The molecule has 0 atom stereocenters. The Bertz CT molecular complexity index is 3450. The number of benzene rings is 9. The summed E-state index contributed by atoms with van der Waals surface area (Å²) in [7, 11) is -2.49. The molecule has 0 bridgehead atoms. The zero-order valence-electron chi connectivity index (χ0n) is 39.2. The van der Waals surface area contributed by atoms with Crippen LogP contribution in [0.1, 0.15) is 79.4 Å². The van der Waals surface area contributed by atoms with Crippen LogP contribution in [0, 0.1) is 6.92 Å². The Morgan fingerprint density at radius 2 is 0.722 bits per heavy atom. The molecule has 9 heteroatoms. The molecule has 2 heterocycles. The van der Waals surface area contributed by atoms with Crippen LogP contribution in [0.15, 0.2) is 224 Å². The molecule has 2 aliphatic heterocycles. The fourth-order valence-corrected chi connectivity index (χ4v) is 14.1. The van der Waals surface area contributed by atoms with Gasteiger partial charge in [0.25, 0.3) is 23.6 Å². The summed E-state index contributed by atoms with van der Waals surface area (Å²) in [6.45, 7) is 6.19. The molecule has 9 aromatic carbocycles. The van der Waals surface area contributed by atoms with E-state index < -0.39 is 18.6 Å². The van der Waals surface area contributed by atoms with E-state index in [9.17, 15) is 19.2 Å². The van der Waals surface area contributed by atoms with Gasteiger partial charge in [-0.1, -0.05) is 118 Å². The lowest BCUT2D eigenvalue weighted by Crippen LogP contribution is -2.39. The van der Waals surface area contributed by atoms with E-state index in [-0.39, 0.29) is 30.7 Å². The van der Waals surface area contributed by atoms with Crippen molar-refractivity contribution in [1.82, 2.24) is 0 Å². The highest BCUT2D eigenvalue weighted by Gasteiger charge is 2.49. The Labute approximate surface area is 420 Å². The quantitative estimate of drug-likeness (QED) is 0.0894. The second kappa shape index (κ2) is 18.9. The molecule has 0 aliphatic carbocycles. The molecule has 9 aromatic rings. The number of aryl methyl sites for hydroxylation is 1. The van der Waals surface area contributed by atoms with Crippen LogP contribution in [0.2, 0.25) is 0 Å². The van der Waals surface area contributed by atoms with Crippen LogP contribution in [0.25, 0.3) is 0 Å². The number of imide groups is 2. The van der Waals surface area contributed by atoms with Crippen LogP contribution in [0.4, 0.5) is 11.4 Å². The summed E-state index contributed by atoms with van der Waals surface area (Å²) >= 11 is 0. The van der Waals surface area contributed by atoms with Crippen molar-refractivity contribution < 1.29 is 28.7 Å². The van der Waals surface area contributed by atoms with Crippen LogP contribution in [0.3, 0.4) is 0 Å². The number of amides is 4. The van der Waals surface area contributed by atoms with Gasteiger partial charge in [-0.05, 0) is 145 Å². The third-order valence-electron chi connectivity index (χ3n) is 13.5. The van der Waals surface area contributed by atoms with Crippen LogP contribution in [-0.4, -0.2) is 23.6 Å². The Morgan fingerprint density at radius 3 is 1.14 bits per heavy atom. The van der Waals surface area contributed by atoms with E-state index in [1.54, 1.807) is 42.5 Å². The minimum absolute atomic E-state index is 0. The van der Waals surface area contributed by atoms with Gasteiger partial charge in [0.05, 0.1) is 33.6 Å². The van der Waals surface area contributed by atoms with Crippen molar-refractivity contribution in [1.29, 1.82) is 0 Å². The normalized spacial score (nSPS) is 13.2. The van der Waals surface area contributed by atoms with E-state index in [1.165, 1.54) is 9.80 Å². The standard InChI is InChI=1S/C62H46N2O6P.CH4/c1-41-15-13-16-44(37-41)63-58(65)54-35-33-48(39-56(54)60(63)67)69-46-29-25-42(26-30-46)62(2,3)43-27-31-47(32-28-43)70-49-34-36-55-57(40-49)61(68)64(59(55)66)45-17-14-24-53(38-45)71(50-18-7-4-8-19-50,51-20-9-5-10-21-51)52-22-11-6-12-23-52;/h4-40H,1-3H3;1H4/q+1;. The van der Waals surface area contributed by atoms with Gasteiger partial charge in [0.2, 0.25) is 0 Å². The van der Waals surface area contributed by atoms with Crippen molar-refractivity contribution in [2.24, 2.45) is 0 Å². The van der Waals surface area contributed by atoms with Gasteiger partial charge in [-0.15, -0.1) is 0 Å². The number of rotatable bonds is 12. The summed E-state index contributed by atoms with van der Waals surface area (Å²) < 4.78 is 12.5. The second-order valence-corrected chi connectivity index (χ2v) is 21.6. The average Bonchev–Trinajstić information content (AvgIpc) is 3.80. The molecule has 8 nitrogen and oxygen atoms in total. The first kappa shape index (κ1) is 47.0. The predicted molar refractivity (Wildman–Crippen MR) is 289 cm³/mol. The van der Waals surface area contributed by atoms with Gasteiger partial charge in [0.1, 0.15) is 51.5 Å². The lowest BCUT2D eigenvalue weighted by Gasteiger charge is -2.28. The SMILES string of the molecule is C.Cc1cccc(N2C(=O)c3ccc(Oc4ccc(C(C)(C)c5ccc(Oc6ccc7c(c6)C(=O)N(c6cccc([P+](c8ccccc8)(c8ccccc8)c8ccccc8)c6)C7=O)cc5)cc4)cc3C2=O)c1. The van der Waals surface area contributed by atoms with Gasteiger partial charge in [-0.2, -0.15) is 0 Å². The number of hydrogen-bond donors (Lipinski definition) is 0. The van der Waals surface area contributed by atoms with Crippen molar-refractivity contribution in [3.05, 3.63) is 263 Å². The average molecular weight is 962 g/mol. The second-order valence-electron chi connectivity index (χ2n) is 18.2. The molecule has 0 N–H and O–H groups in total. The van der Waals surface area contributed by atoms with Crippen molar-refractivity contribution in [2.75, 3.05) is 9.80 Å². The largest absolute Gasteiger partial charge is 0.457 e. The zero-order valence-corrected chi connectivity index (χ0v) is 40.0. The zero-order chi connectivity index (χ0) is 48.9. The van der Waals surface area contributed by atoms with Gasteiger partial charge in [0.15, 0.2) is 0 Å². The Balaban J connectivity index is 0.00000596. The predicted octanol–water partition coefficient (Wildman–Crippen LogP) is 12.8. The van der Waals surface area contributed by atoms with Gasteiger partial charge >= 0.3 is 0 Å². The third kappa shape index (κ3) is 8.15. The van der Waals surface area contributed by atoms with Crippen molar-refractivity contribution in [2.45, 2.75) is 33.6 Å². The topological polar surface area (TPSA) is 93.2 Å². The monoisotopic (exact) mass is 961 g/mol. The van der Waals surface area contributed by atoms with E-state index in [0.717, 1.165) is 37.9 Å². The Kier molecular flexibility index (Phi) is 12.3. The smallest absolute Gasteiger partial charge is 0.266 e. The molecule has 0 radical (unpaired) electrons. The number of carbonyl (C=O) groups excluding carboxylic acids is 4. The number of nitrogens with zero attached hydrogens (tertiary/aromatic N) is 2. The first-order valence-electron chi connectivity index (χ1n) is 23.4. The third-order valence-corrected chi connectivity index (χ3v) is 17.8. The number of ether oxygens (including phenoxy) is 2. The summed E-state index contributed by atoms with van der Waals surface area (Å²) in [5.41, 5.74) is 4.94. The van der Waals surface area contributed by atoms with Crippen LogP contribution >= 0.6 is 7.26 Å². The highest BCUT2D eigenvalue weighted by atomic mass is 31.2. The first-order valence-corrected chi connectivity index (χ1v) is 25.2. The molecule has 0 unspecified atom stereocenters. The summed E-state index contributed by atoms with van der Waals surface area (Å²) in [4.78, 5) is 57.6. The molecule has 4 amide bonds. The molecule has 11 rings (SSSR count). The summed E-state index contributed by atoms with van der Waals surface area (Å²) in [6.07, 6.45) is 0. The lowest BCUT2D eigenvalue weighted by atomic mass is 9.78. The maximum atomic E-state index is 14.3. The highest BCUT2D eigenvalue weighted by molar-refractivity contribution is 8.01. The van der Waals surface area contributed by atoms with Crippen LogP contribution < -0.4 is 40.5 Å². The molecular formula is C63H50N2O6P+. The van der Waals surface area contributed by atoms with E-state index in [1.807, 2.05) is 110 Å². The molecule has 0 spiro atoms. The summed E-state index contributed by atoms with van der Waals surface area (Å²) in [5.74, 6) is 0.528. The summed E-state index contributed by atoms with van der Waals surface area (Å²) in [5, 5.41) is 4.51. The van der Waals surface area contributed by atoms with E-state index >= 15 is 0 Å². The fraction of sp³-hybridized carbons (Fsp3) is 0.0794. The van der Waals surface area contributed by atoms with E-state index in [0.29, 0.717) is 51.1 Å². The maximum absolute atomic E-state index is 14.3. The molecule has 352 valence electrons. The minimum atomic E-state index is -2.49. The van der Waals surface area contributed by atoms with Gasteiger partial charge in [-0.25, -0.2) is 9.80 Å². The van der Waals surface area contributed by atoms with E-state index in [2.05, 4.69) is 92.7 Å². The molecule has 0 fully saturated rings. The lowest BCUT2D eigenvalue weighted by molar-refractivity contribution is 0.0910. The summed E-state index contributed by atoms with van der Waals surface area (Å²) in [6, 6.07) is 72.3. The number of hydrogen-bond acceptors (Lipinski definition) is 6. The van der Waals surface area contributed by atoms with Crippen molar-refractivity contribution >= 4 is 63.5 Å². The minimum Gasteiger partial charge on any atom is -0.457 e. The number of carbonyl (C=O) groups is 4. The first-order chi connectivity index (χ1) is 34.5. The van der Waals surface area contributed by atoms with Crippen LogP contribution in [0.5, 0.6) is 23.0 Å². The molecular weight excluding hydrogens is 912 g/mol. The molecule has 2 aliphatic rings. The van der Waals surface area contributed by atoms with Crippen molar-refractivity contribution in [3.8, 4) is 23.0 Å². The molecule has 0 saturated carbocycles. The Morgan fingerprint density at radius 1 is 0.361 bits per heavy atom. The van der Waals surface area contributed by atoms with Crippen molar-refractivity contribution in [3.63, 3.8) is 0 Å². The molecule has 0 saturated heterocycles.